The Bertz CT molecular complexity index is 741. The van der Waals surface area contributed by atoms with Crippen LogP contribution in [0.25, 0.3) is 0 Å². The van der Waals surface area contributed by atoms with E-state index in [9.17, 15) is 15.0 Å². The molecule has 2 rings (SSSR count). The number of aliphatic hydroxyl groups is 1. The van der Waals surface area contributed by atoms with E-state index in [4.69, 9.17) is 0 Å². The van der Waals surface area contributed by atoms with Crippen molar-refractivity contribution >= 4 is 11.8 Å². The normalized spacial score (nSPS) is 12.4. The molecule has 3 N–H and O–H groups in total. The number of hydrogen-bond acceptors (Lipinski definition) is 3. The Morgan fingerprint density at radius 2 is 1.82 bits per heavy atom. The fourth-order valence-electron chi connectivity index (χ4n) is 3.16. The zero-order valence-corrected chi connectivity index (χ0v) is 17.1. The van der Waals surface area contributed by atoms with Gasteiger partial charge in [-0.05, 0) is 63.3 Å². The fraction of sp³-hybridized carbons (Fsp3) is 0.435. The second-order valence-corrected chi connectivity index (χ2v) is 8.05. The molecule has 0 radical (unpaired) electrons. The number of amides is 1. The van der Waals surface area contributed by atoms with E-state index in [1.165, 1.54) is 10.5 Å². The van der Waals surface area contributed by atoms with Gasteiger partial charge in [0.2, 0.25) is 0 Å². The minimum Gasteiger partial charge on any atom is -0.465 e. The van der Waals surface area contributed by atoms with E-state index in [0.717, 1.165) is 30.6 Å². The van der Waals surface area contributed by atoms with Crippen LogP contribution in [0.1, 0.15) is 50.8 Å². The monoisotopic (exact) mass is 384 g/mol. The molecule has 0 saturated heterocycles. The largest absolute Gasteiger partial charge is 0.465 e. The number of carboxylic acid groups (broad SMARTS) is 1. The van der Waals surface area contributed by atoms with E-state index < -0.39 is 17.7 Å². The van der Waals surface area contributed by atoms with Crippen molar-refractivity contribution in [3.8, 4) is 0 Å². The summed E-state index contributed by atoms with van der Waals surface area (Å²) in [5.74, 6) is 0. The zero-order chi connectivity index (χ0) is 20.6. The highest BCUT2D eigenvalue weighted by Crippen LogP contribution is 2.23. The summed E-state index contributed by atoms with van der Waals surface area (Å²) in [5, 5.41) is 23.3. The molecule has 0 saturated carbocycles. The SMILES string of the molecule is CC(C)(C)N(CCC(O)c1cccc(NCCCc2ccccc2)c1)C(=O)O. The lowest BCUT2D eigenvalue weighted by Gasteiger charge is -2.33. The Morgan fingerprint density at radius 3 is 2.46 bits per heavy atom. The topological polar surface area (TPSA) is 72.8 Å². The van der Waals surface area contributed by atoms with E-state index in [2.05, 4.69) is 29.6 Å². The van der Waals surface area contributed by atoms with Crippen LogP contribution in [-0.2, 0) is 6.42 Å². The summed E-state index contributed by atoms with van der Waals surface area (Å²) in [5.41, 5.74) is 2.60. The molecule has 0 fully saturated rings. The summed E-state index contributed by atoms with van der Waals surface area (Å²) in [7, 11) is 0. The molecule has 0 spiro atoms. The molecular formula is C23H32N2O3. The molecule has 2 aromatic carbocycles. The van der Waals surface area contributed by atoms with Crippen LogP contribution in [0.3, 0.4) is 0 Å². The van der Waals surface area contributed by atoms with Crippen LogP contribution in [0, 0.1) is 0 Å². The highest BCUT2D eigenvalue weighted by atomic mass is 16.4. The average Bonchev–Trinajstić information content (AvgIpc) is 2.65. The van der Waals surface area contributed by atoms with E-state index in [-0.39, 0.29) is 6.54 Å². The van der Waals surface area contributed by atoms with Crippen molar-refractivity contribution in [1.82, 2.24) is 4.90 Å². The second kappa shape index (κ2) is 10.1. The van der Waals surface area contributed by atoms with E-state index >= 15 is 0 Å². The minimum atomic E-state index is -0.964. The van der Waals surface area contributed by atoms with Gasteiger partial charge in [-0.15, -0.1) is 0 Å². The highest BCUT2D eigenvalue weighted by molar-refractivity contribution is 5.65. The maximum absolute atomic E-state index is 11.4. The maximum atomic E-state index is 11.4. The van der Waals surface area contributed by atoms with Crippen molar-refractivity contribution in [3.05, 3.63) is 65.7 Å². The van der Waals surface area contributed by atoms with Crippen molar-refractivity contribution in [2.24, 2.45) is 0 Å². The molecular weight excluding hydrogens is 352 g/mol. The first-order valence-electron chi connectivity index (χ1n) is 9.84. The molecule has 0 heterocycles. The molecule has 0 bridgehead atoms. The number of nitrogens with zero attached hydrogens (tertiary/aromatic N) is 1. The third-order valence-corrected chi connectivity index (χ3v) is 4.75. The van der Waals surface area contributed by atoms with Gasteiger partial charge in [-0.2, -0.15) is 0 Å². The summed E-state index contributed by atoms with van der Waals surface area (Å²) >= 11 is 0. The number of benzene rings is 2. The minimum absolute atomic E-state index is 0.286. The van der Waals surface area contributed by atoms with Gasteiger partial charge in [-0.3, -0.25) is 0 Å². The smallest absolute Gasteiger partial charge is 0.407 e. The van der Waals surface area contributed by atoms with Crippen LogP contribution in [0.15, 0.2) is 54.6 Å². The molecule has 0 aliphatic rings. The van der Waals surface area contributed by atoms with Crippen LogP contribution in [0.2, 0.25) is 0 Å². The molecule has 0 aliphatic heterocycles. The first-order valence-corrected chi connectivity index (χ1v) is 9.84. The third kappa shape index (κ3) is 6.89. The summed E-state index contributed by atoms with van der Waals surface area (Å²) in [6, 6.07) is 18.1. The molecule has 28 heavy (non-hydrogen) atoms. The summed E-state index contributed by atoms with van der Waals surface area (Å²) in [4.78, 5) is 12.8. The maximum Gasteiger partial charge on any atom is 0.407 e. The second-order valence-electron chi connectivity index (χ2n) is 8.05. The van der Waals surface area contributed by atoms with Gasteiger partial charge >= 0.3 is 6.09 Å². The average molecular weight is 385 g/mol. The molecule has 1 amide bonds. The predicted octanol–water partition coefficient (Wildman–Crippen LogP) is 4.93. The zero-order valence-electron chi connectivity index (χ0n) is 17.1. The van der Waals surface area contributed by atoms with Crippen LogP contribution in [0.5, 0.6) is 0 Å². The van der Waals surface area contributed by atoms with E-state index in [1.807, 2.05) is 51.1 Å². The van der Waals surface area contributed by atoms with Crippen molar-refractivity contribution in [3.63, 3.8) is 0 Å². The van der Waals surface area contributed by atoms with Gasteiger partial charge in [0, 0.05) is 24.3 Å². The standard InChI is InChI=1S/C23H32N2O3/c1-23(2,3)25(22(27)28)16-14-21(26)19-12-7-13-20(17-19)24-15-8-11-18-9-5-4-6-10-18/h4-7,9-10,12-13,17,21,24,26H,8,11,14-16H2,1-3H3,(H,27,28). The molecule has 5 heteroatoms. The van der Waals surface area contributed by atoms with Crippen LogP contribution >= 0.6 is 0 Å². The number of carbonyl (C=O) groups is 1. The van der Waals surface area contributed by atoms with Gasteiger partial charge in [0.15, 0.2) is 0 Å². The molecule has 0 aliphatic carbocycles. The van der Waals surface area contributed by atoms with Gasteiger partial charge in [0.25, 0.3) is 0 Å². The Kier molecular flexibility index (Phi) is 7.88. The van der Waals surface area contributed by atoms with Crippen LogP contribution < -0.4 is 5.32 Å². The first kappa shape index (κ1) is 21.8. The summed E-state index contributed by atoms with van der Waals surface area (Å²) in [6.45, 7) is 6.70. The number of hydrogen-bond donors (Lipinski definition) is 3. The quantitative estimate of drug-likeness (QED) is 0.536. The Hall–Kier alpha value is -2.53. The third-order valence-electron chi connectivity index (χ3n) is 4.75. The van der Waals surface area contributed by atoms with Crippen molar-refractivity contribution in [1.29, 1.82) is 0 Å². The number of nitrogens with one attached hydrogen (secondary N) is 1. The van der Waals surface area contributed by atoms with Gasteiger partial charge in [0.1, 0.15) is 0 Å². The first-order chi connectivity index (χ1) is 13.3. The lowest BCUT2D eigenvalue weighted by molar-refractivity contribution is 0.0821. The number of aryl methyl sites for hydroxylation is 1. The van der Waals surface area contributed by atoms with Crippen LogP contribution in [-0.4, -0.2) is 39.8 Å². The fourth-order valence-corrected chi connectivity index (χ4v) is 3.16. The molecule has 0 aromatic heterocycles. The lowest BCUT2D eigenvalue weighted by Crippen LogP contribution is -2.45. The van der Waals surface area contributed by atoms with Gasteiger partial charge < -0.3 is 20.4 Å². The van der Waals surface area contributed by atoms with E-state index in [0.29, 0.717) is 6.42 Å². The highest BCUT2D eigenvalue weighted by Gasteiger charge is 2.26. The predicted molar refractivity (Wildman–Crippen MR) is 114 cm³/mol. The number of rotatable bonds is 9. The van der Waals surface area contributed by atoms with E-state index in [1.54, 1.807) is 0 Å². The summed E-state index contributed by atoms with van der Waals surface area (Å²) in [6.07, 6.45) is 0.745. The summed E-state index contributed by atoms with van der Waals surface area (Å²) < 4.78 is 0. The molecule has 5 nitrogen and oxygen atoms in total. The van der Waals surface area contributed by atoms with Crippen molar-refractivity contribution < 1.29 is 15.0 Å². The molecule has 152 valence electrons. The Balaban J connectivity index is 1.84. The van der Waals surface area contributed by atoms with Crippen molar-refractivity contribution in [2.45, 2.75) is 51.7 Å². The van der Waals surface area contributed by atoms with Crippen molar-refractivity contribution in [2.75, 3.05) is 18.4 Å². The number of anilines is 1. The van der Waals surface area contributed by atoms with Crippen LogP contribution in [0.4, 0.5) is 10.5 Å². The molecule has 2 aromatic rings. The van der Waals surface area contributed by atoms with Gasteiger partial charge in [0.05, 0.1) is 6.10 Å². The number of aliphatic hydroxyl groups excluding tert-OH is 1. The van der Waals surface area contributed by atoms with Gasteiger partial charge in [-0.1, -0.05) is 42.5 Å². The molecule has 1 atom stereocenters. The Labute approximate surface area is 168 Å². The Morgan fingerprint density at radius 1 is 1.11 bits per heavy atom. The van der Waals surface area contributed by atoms with Gasteiger partial charge in [-0.25, -0.2) is 4.79 Å². The molecule has 1 unspecified atom stereocenters. The lowest BCUT2D eigenvalue weighted by atomic mass is 10.0.